The molecule has 1 atom stereocenters. The molecule has 2 nitrogen and oxygen atoms in total. The Hall–Kier alpha value is -0.370. The van der Waals surface area contributed by atoms with Crippen LogP contribution >= 0.6 is 0 Å². The predicted molar refractivity (Wildman–Crippen MR) is 43.4 cm³/mol. The molecule has 0 spiro atoms. The maximum Gasteiger partial charge on any atom is 0.137 e. The molecule has 0 aromatic rings. The molecule has 1 aliphatic heterocycles. The molecule has 2 rings (SSSR count). The van der Waals surface area contributed by atoms with Crippen molar-refractivity contribution < 1.29 is 4.79 Å². The molecular formula is C9H15NO. The molecule has 1 aliphatic carbocycles. The maximum atomic E-state index is 10.7. The number of rotatable bonds is 2. The topological polar surface area (TPSA) is 20.3 Å². The molecule has 0 radical (unpaired) electrons. The minimum atomic E-state index is 0.260. The highest BCUT2D eigenvalue weighted by atomic mass is 16.1. The van der Waals surface area contributed by atoms with Crippen molar-refractivity contribution in [3.8, 4) is 0 Å². The zero-order valence-electron chi connectivity index (χ0n) is 6.83. The highest BCUT2D eigenvalue weighted by molar-refractivity contribution is 5.57. The Morgan fingerprint density at radius 1 is 1.18 bits per heavy atom. The fourth-order valence-electron chi connectivity index (χ4n) is 1.99. The molecule has 0 N–H and O–H groups in total. The van der Waals surface area contributed by atoms with E-state index < -0.39 is 0 Å². The van der Waals surface area contributed by atoms with Crippen molar-refractivity contribution in [2.24, 2.45) is 0 Å². The number of aldehydes is 1. The van der Waals surface area contributed by atoms with Crippen LogP contribution in [0.5, 0.6) is 0 Å². The van der Waals surface area contributed by atoms with Crippen molar-refractivity contribution in [3.05, 3.63) is 0 Å². The van der Waals surface area contributed by atoms with E-state index in [9.17, 15) is 4.79 Å². The van der Waals surface area contributed by atoms with Crippen molar-refractivity contribution in [1.29, 1.82) is 0 Å². The molecule has 0 amide bonds. The lowest BCUT2D eigenvalue weighted by Crippen LogP contribution is -2.41. The Morgan fingerprint density at radius 2 is 2.00 bits per heavy atom. The molecule has 0 aromatic carbocycles. The van der Waals surface area contributed by atoms with Gasteiger partial charge in [0.15, 0.2) is 0 Å². The van der Waals surface area contributed by atoms with Crippen molar-refractivity contribution in [3.63, 3.8) is 0 Å². The minimum Gasteiger partial charge on any atom is -0.302 e. The highest BCUT2D eigenvalue weighted by Gasteiger charge is 2.34. The molecule has 1 heterocycles. The fourth-order valence-corrected chi connectivity index (χ4v) is 1.99. The van der Waals surface area contributed by atoms with Crippen LogP contribution in [0.4, 0.5) is 0 Å². The average Bonchev–Trinajstić information content (AvgIpc) is 2.87. The normalized spacial score (nSPS) is 33.6. The molecule has 2 aliphatic rings. The van der Waals surface area contributed by atoms with Crippen LogP contribution in [0.3, 0.4) is 0 Å². The second-order valence-electron chi connectivity index (χ2n) is 3.67. The summed E-state index contributed by atoms with van der Waals surface area (Å²) in [5, 5.41) is 0. The summed E-state index contributed by atoms with van der Waals surface area (Å²) in [4.78, 5) is 13.1. The van der Waals surface area contributed by atoms with E-state index in [2.05, 4.69) is 4.90 Å². The zero-order chi connectivity index (χ0) is 7.68. The summed E-state index contributed by atoms with van der Waals surface area (Å²) in [7, 11) is 0. The van der Waals surface area contributed by atoms with E-state index in [-0.39, 0.29) is 6.04 Å². The summed E-state index contributed by atoms with van der Waals surface area (Å²) in [6.07, 6.45) is 7.42. The van der Waals surface area contributed by atoms with E-state index in [1.807, 2.05) is 0 Å². The van der Waals surface area contributed by atoms with Gasteiger partial charge in [-0.25, -0.2) is 0 Å². The summed E-state index contributed by atoms with van der Waals surface area (Å²) in [6.45, 7) is 1.16. The third-order valence-corrected chi connectivity index (χ3v) is 2.77. The van der Waals surface area contributed by atoms with Crippen LogP contribution in [0, 0.1) is 0 Å². The quantitative estimate of drug-likeness (QED) is 0.556. The van der Waals surface area contributed by atoms with Gasteiger partial charge in [-0.3, -0.25) is 4.90 Å². The smallest absolute Gasteiger partial charge is 0.137 e. The maximum absolute atomic E-state index is 10.7. The third kappa shape index (κ3) is 1.45. The van der Waals surface area contributed by atoms with Crippen molar-refractivity contribution >= 4 is 6.29 Å². The summed E-state index contributed by atoms with van der Waals surface area (Å²) in [5.41, 5.74) is 0. The number of hydrogen-bond acceptors (Lipinski definition) is 2. The molecule has 1 unspecified atom stereocenters. The van der Waals surface area contributed by atoms with Gasteiger partial charge < -0.3 is 4.79 Å². The van der Waals surface area contributed by atoms with Gasteiger partial charge in [-0.05, 0) is 32.2 Å². The van der Waals surface area contributed by atoms with Gasteiger partial charge in [0.1, 0.15) is 6.29 Å². The second-order valence-corrected chi connectivity index (χ2v) is 3.67. The number of likely N-dealkylation sites (tertiary alicyclic amines) is 1. The number of piperidine rings is 1. The van der Waals surface area contributed by atoms with E-state index >= 15 is 0 Å². The first-order valence-corrected chi connectivity index (χ1v) is 4.63. The Labute approximate surface area is 67.6 Å². The summed E-state index contributed by atoms with van der Waals surface area (Å²) < 4.78 is 0. The van der Waals surface area contributed by atoms with Gasteiger partial charge >= 0.3 is 0 Å². The molecule has 11 heavy (non-hydrogen) atoms. The van der Waals surface area contributed by atoms with Crippen molar-refractivity contribution in [1.82, 2.24) is 4.90 Å². The number of carbonyl (C=O) groups excluding carboxylic acids is 1. The first-order chi connectivity index (χ1) is 5.42. The Morgan fingerprint density at radius 3 is 2.64 bits per heavy atom. The molecule has 0 aromatic heterocycles. The van der Waals surface area contributed by atoms with Crippen LogP contribution in [0.25, 0.3) is 0 Å². The van der Waals surface area contributed by atoms with Crippen LogP contribution < -0.4 is 0 Å². The van der Waals surface area contributed by atoms with Crippen LogP contribution in [0.15, 0.2) is 0 Å². The Bertz CT molecular complexity index is 154. The van der Waals surface area contributed by atoms with Gasteiger partial charge in [-0.2, -0.15) is 0 Å². The largest absolute Gasteiger partial charge is 0.302 e. The van der Waals surface area contributed by atoms with Crippen LogP contribution in [0.2, 0.25) is 0 Å². The zero-order valence-corrected chi connectivity index (χ0v) is 6.83. The summed E-state index contributed by atoms with van der Waals surface area (Å²) in [5.74, 6) is 0. The van der Waals surface area contributed by atoms with Gasteiger partial charge in [0.2, 0.25) is 0 Å². The third-order valence-electron chi connectivity index (χ3n) is 2.77. The van der Waals surface area contributed by atoms with Gasteiger partial charge in [0, 0.05) is 6.04 Å². The average molecular weight is 153 g/mol. The van der Waals surface area contributed by atoms with Gasteiger partial charge in [-0.1, -0.05) is 6.42 Å². The first-order valence-electron chi connectivity index (χ1n) is 4.63. The Kier molecular flexibility index (Phi) is 1.95. The number of nitrogens with zero attached hydrogens (tertiary/aromatic N) is 1. The van der Waals surface area contributed by atoms with E-state index in [1.54, 1.807) is 0 Å². The van der Waals surface area contributed by atoms with E-state index in [4.69, 9.17) is 0 Å². The molecular weight excluding hydrogens is 138 g/mol. The molecule has 0 bridgehead atoms. The van der Waals surface area contributed by atoms with Gasteiger partial charge in [-0.15, -0.1) is 0 Å². The minimum absolute atomic E-state index is 0.260. The highest BCUT2D eigenvalue weighted by Crippen LogP contribution is 2.31. The van der Waals surface area contributed by atoms with Crippen molar-refractivity contribution in [2.75, 3.05) is 6.54 Å². The van der Waals surface area contributed by atoms with E-state index in [0.717, 1.165) is 25.3 Å². The standard InChI is InChI=1S/C9H15NO/c11-7-9-3-1-2-6-10(9)8-4-5-8/h7-9H,1-6H2. The number of carbonyl (C=O) groups is 1. The molecule has 1 saturated carbocycles. The molecule has 2 heteroatoms. The molecule has 1 saturated heterocycles. The molecule has 2 fully saturated rings. The second kappa shape index (κ2) is 2.94. The number of hydrogen-bond donors (Lipinski definition) is 0. The van der Waals surface area contributed by atoms with Gasteiger partial charge in [0.05, 0.1) is 6.04 Å². The van der Waals surface area contributed by atoms with Crippen LogP contribution in [-0.4, -0.2) is 29.8 Å². The lowest BCUT2D eigenvalue weighted by Gasteiger charge is -2.32. The molecule has 62 valence electrons. The van der Waals surface area contributed by atoms with Crippen LogP contribution in [-0.2, 0) is 4.79 Å². The SMILES string of the molecule is O=CC1CCCCN1C1CC1. The lowest BCUT2D eigenvalue weighted by molar-refractivity contribution is -0.113. The predicted octanol–water partition coefficient (Wildman–Crippen LogP) is 1.20. The Balaban J connectivity index is 1.96. The lowest BCUT2D eigenvalue weighted by atomic mass is 10.0. The fraction of sp³-hybridized carbons (Fsp3) is 0.889. The van der Waals surface area contributed by atoms with E-state index in [0.29, 0.717) is 0 Å². The van der Waals surface area contributed by atoms with Crippen molar-refractivity contribution in [2.45, 2.75) is 44.2 Å². The summed E-state index contributed by atoms with van der Waals surface area (Å²) >= 11 is 0. The van der Waals surface area contributed by atoms with Crippen LogP contribution in [0.1, 0.15) is 32.1 Å². The summed E-state index contributed by atoms with van der Waals surface area (Å²) in [6, 6.07) is 1.03. The van der Waals surface area contributed by atoms with Gasteiger partial charge in [0.25, 0.3) is 0 Å². The van der Waals surface area contributed by atoms with E-state index in [1.165, 1.54) is 25.7 Å². The monoisotopic (exact) mass is 153 g/mol. The first kappa shape index (κ1) is 7.29.